The Morgan fingerprint density at radius 3 is 2.06 bits per heavy atom. The summed E-state index contributed by atoms with van der Waals surface area (Å²) in [5.74, 6) is 2.71. The Kier molecular flexibility index (Phi) is 7.87. The summed E-state index contributed by atoms with van der Waals surface area (Å²) < 4.78 is 27.3. The summed E-state index contributed by atoms with van der Waals surface area (Å²) in [6, 6.07) is 9.28. The van der Waals surface area contributed by atoms with Crippen LogP contribution in [0.1, 0.15) is 11.1 Å². The van der Waals surface area contributed by atoms with Crippen molar-refractivity contribution in [2.45, 2.75) is 6.42 Å². The van der Waals surface area contributed by atoms with Gasteiger partial charge in [-0.25, -0.2) is 0 Å². The van der Waals surface area contributed by atoms with E-state index in [9.17, 15) is 4.79 Å². The maximum absolute atomic E-state index is 13.0. The molecule has 1 amide bonds. The number of nitrogens with zero attached hydrogens (tertiary/aromatic N) is 1. The van der Waals surface area contributed by atoms with E-state index in [0.717, 1.165) is 11.1 Å². The van der Waals surface area contributed by atoms with Gasteiger partial charge in [-0.3, -0.25) is 9.69 Å². The van der Waals surface area contributed by atoms with Crippen molar-refractivity contribution in [3.8, 4) is 28.7 Å². The van der Waals surface area contributed by atoms with E-state index in [1.54, 1.807) is 58.7 Å². The zero-order valence-electron chi connectivity index (χ0n) is 18.6. The molecule has 1 saturated heterocycles. The second-order valence-corrected chi connectivity index (χ2v) is 8.41. The maximum atomic E-state index is 13.0. The first kappa shape index (κ1) is 23.7. The van der Waals surface area contributed by atoms with Crippen molar-refractivity contribution in [1.29, 1.82) is 0 Å². The summed E-state index contributed by atoms with van der Waals surface area (Å²) >= 11 is 6.74. The Morgan fingerprint density at radius 1 is 0.875 bits per heavy atom. The molecule has 1 fully saturated rings. The molecule has 0 saturated carbocycles. The first-order chi connectivity index (χ1) is 15.4. The van der Waals surface area contributed by atoms with Crippen LogP contribution in [0, 0.1) is 0 Å². The van der Waals surface area contributed by atoms with E-state index < -0.39 is 0 Å². The zero-order valence-corrected chi connectivity index (χ0v) is 20.2. The maximum Gasteiger partial charge on any atom is 0.266 e. The lowest BCUT2D eigenvalue weighted by Gasteiger charge is -2.15. The highest BCUT2D eigenvalue weighted by molar-refractivity contribution is 8.26. The van der Waals surface area contributed by atoms with Crippen molar-refractivity contribution >= 4 is 40.3 Å². The standard InChI is InChI=1S/C23H25NO6S2/c1-26-16-7-6-14(10-17(16)27-2)8-9-24-22(25)20(32-23(24)31)13-15-11-18(28-3)21(30-5)19(12-15)29-4/h6-7,10-13H,8-9H2,1-5H3/b20-13-. The first-order valence-corrected chi connectivity index (χ1v) is 10.9. The fourth-order valence-corrected chi connectivity index (χ4v) is 4.61. The molecular weight excluding hydrogens is 450 g/mol. The third-order valence-electron chi connectivity index (χ3n) is 4.93. The summed E-state index contributed by atoms with van der Waals surface area (Å²) in [5.41, 5.74) is 1.77. The molecule has 0 aromatic heterocycles. The lowest BCUT2D eigenvalue weighted by molar-refractivity contribution is -0.122. The summed E-state index contributed by atoms with van der Waals surface area (Å²) in [5, 5.41) is 0. The Bertz CT molecular complexity index is 1030. The highest BCUT2D eigenvalue weighted by Crippen LogP contribution is 2.40. The van der Waals surface area contributed by atoms with Gasteiger partial charge in [-0.05, 0) is 47.9 Å². The van der Waals surface area contributed by atoms with Gasteiger partial charge in [0, 0.05) is 6.54 Å². The highest BCUT2D eigenvalue weighted by atomic mass is 32.2. The van der Waals surface area contributed by atoms with Crippen LogP contribution in [0.15, 0.2) is 35.2 Å². The van der Waals surface area contributed by atoms with Gasteiger partial charge in [-0.15, -0.1) is 0 Å². The van der Waals surface area contributed by atoms with Gasteiger partial charge in [0.25, 0.3) is 5.91 Å². The van der Waals surface area contributed by atoms with Crippen molar-refractivity contribution < 1.29 is 28.5 Å². The minimum atomic E-state index is -0.130. The number of hydrogen-bond donors (Lipinski definition) is 0. The molecule has 0 radical (unpaired) electrons. The molecule has 2 aromatic rings. The molecule has 0 spiro atoms. The second-order valence-electron chi connectivity index (χ2n) is 6.73. The van der Waals surface area contributed by atoms with Gasteiger partial charge < -0.3 is 23.7 Å². The number of thioether (sulfide) groups is 1. The fraction of sp³-hybridized carbons (Fsp3) is 0.304. The van der Waals surface area contributed by atoms with Crippen LogP contribution < -0.4 is 23.7 Å². The quantitative estimate of drug-likeness (QED) is 0.395. The van der Waals surface area contributed by atoms with Gasteiger partial charge in [0.05, 0.1) is 40.5 Å². The first-order valence-electron chi connectivity index (χ1n) is 9.72. The van der Waals surface area contributed by atoms with Crippen molar-refractivity contribution in [2.75, 3.05) is 42.1 Å². The number of thiocarbonyl (C=S) groups is 1. The highest BCUT2D eigenvalue weighted by Gasteiger charge is 2.32. The van der Waals surface area contributed by atoms with Crippen LogP contribution in [0.2, 0.25) is 0 Å². The van der Waals surface area contributed by atoms with E-state index in [2.05, 4.69) is 0 Å². The SMILES string of the molecule is COc1ccc(CCN2C(=O)/C(=C/c3cc(OC)c(OC)c(OC)c3)SC2=S)cc1OC. The van der Waals surface area contributed by atoms with E-state index in [-0.39, 0.29) is 5.91 Å². The molecule has 0 N–H and O–H groups in total. The molecule has 0 bridgehead atoms. The third kappa shape index (κ3) is 4.94. The molecule has 1 heterocycles. The molecule has 0 aliphatic carbocycles. The van der Waals surface area contributed by atoms with E-state index in [0.29, 0.717) is 50.9 Å². The minimum Gasteiger partial charge on any atom is -0.493 e. The van der Waals surface area contributed by atoms with Crippen LogP contribution in [-0.4, -0.2) is 57.2 Å². The lowest BCUT2D eigenvalue weighted by Crippen LogP contribution is -2.30. The van der Waals surface area contributed by atoms with Crippen LogP contribution in [0.5, 0.6) is 28.7 Å². The van der Waals surface area contributed by atoms with Crippen LogP contribution in [0.4, 0.5) is 0 Å². The monoisotopic (exact) mass is 475 g/mol. The number of hydrogen-bond acceptors (Lipinski definition) is 8. The van der Waals surface area contributed by atoms with Crippen molar-refractivity contribution in [1.82, 2.24) is 4.90 Å². The largest absolute Gasteiger partial charge is 0.493 e. The summed E-state index contributed by atoms with van der Waals surface area (Å²) in [4.78, 5) is 15.2. The van der Waals surface area contributed by atoms with Gasteiger partial charge in [-0.2, -0.15) is 0 Å². The van der Waals surface area contributed by atoms with Crippen LogP contribution in [0.25, 0.3) is 6.08 Å². The van der Waals surface area contributed by atoms with E-state index in [1.807, 2.05) is 18.2 Å². The molecule has 2 aromatic carbocycles. The second kappa shape index (κ2) is 10.6. The molecule has 9 heteroatoms. The lowest BCUT2D eigenvalue weighted by atomic mass is 10.1. The summed E-state index contributed by atoms with van der Waals surface area (Å²) in [7, 11) is 7.84. The Hall–Kier alpha value is -2.91. The Morgan fingerprint density at radius 2 is 1.50 bits per heavy atom. The average molecular weight is 476 g/mol. The third-order valence-corrected chi connectivity index (χ3v) is 6.31. The smallest absolute Gasteiger partial charge is 0.266 e. The van der Waals surface area contributed by atoms with Crippen molar-refractivity contribution in [3.05, 3.63) is 46.4 Å². The molecule has 1 aliphatic heterocycles. The molecule has 7 nitrogen and oxygen atoms in total. The van der Waals surface area contributed by atoms with E-state index >= 15 is 0 Å². The van der Waals surface area contributed by atoms with E-state index in [4.69, 9.17) is 35.9 Å². The molecule has 32 heavy (non-hydrogen) atoms. The van der Waals surface area contributed by atoms with E-state index in [1.165, 1.54) is 11.8 Å². The Balaban J connectivity index is 1.78. The van der Waals surface area contributed by atoms with Crippen LogP contribution in [0.3, 0.4) is 0 Å². The number of amides is 1. The van der Waals surface area contributed by atoms with Gasteiger partial charge in [0.2, 0.25) is 5.75 Å². The normalized spacial score (nSPS) is 14.7. The van der Waals surface area contributed by atoms with Crippen molar-refractivity contribution in [3.63, 3.8) is 0 Å². The topological polar surface area (TPSA) is 66.5 Å². The van der Waals surface area contributed by atoms with Gasteiger partial charge in [0.1, 0.15) is 4.32 Å². The van der Waals surface area contributed by atoms with Crippen molar-refractivity contribution in [2.24, 2.45) is 0 Å². The van der Waals surface area contributed by atoms with Gasteiger partial charge >= 0.3 is 0 Å². The summed E-state index contributed by atoms with van der Waals surface area (Å²) in [6.07, 6.45) is 2.41. The number of benzene rings is 2. The number of carbonyl (C=O) groups excluding carboxylic acids is 1. The fourth-order valence-electron chi connectivity index (χ4n) is 3.31. The Labute approximate surface area is 197 Å². The predicted molar refractivity (Wildman–Crippen MR) is 129 cm³/mol. The molecule has 170 valence electrons. The predicted octanol–water partition coefficient (Wildman–Crippen LogP) is 4.17. The minimum absolute atomic E-state index is 0.130. The number of rotatable bonds is 9. The van der Waals surface area contributed by atoms with Crippen LogP contribution >= 0.6 is 24.0 Å². The number of methoxy groups -OCH3 is 5. The molecule has 3 rings (SSSR count). The van der Waals surface area contributed by atoms with Gasteiger partial charge in [-0.1, -0.05) is 30.0 Å². The van der Waals surface area contributed by atoms with Gasteiger partial charge in [0.15, 0.2) is 23.0 Å². The number of ether oxygens (including phenoxy) is 5. The molecule has 0 unspecified atom stereocenters. The average Bonchev–Trinajstić information content (AvgIpc) is 3.08. The summed E-state index contributed by atoms with van der Waals surface area (Å²) in [6.45, 7) is 0.465. The van der Waals surface area contributed by atoms with Crippen LogP contribution in [-0.2, 0) is 11.2 Å². The zero-order chi connectivity index (χ0) is 23.3. The number of carbonyl (C=O) groups is 1. The molecular formula is C23H25NO6S2. The molecule has 1 aliphatic rings. The molecule has 0 atom stereocenters.